The first-order chi connectivity index (χ1) is 14.8. The fraction of sp³-hybridized carbons (Fsp3) is 0.0455. The summed E-state index contributed by atoms with van der Waals surface area (Å²) < 4.78 is 5.19. The SMILES string of the molecule is CC(=O)NC1=N/C(=C/c2ccc(Cl)cc2)C(=O)N1/C=C1\C(=O)Oc2ccccc2C1=O. The molecule has 2 aliphatic rings. The number of ketones is 1. The number of amides is 2. The molecular weight excluding hydrogens is 422 g/mol. The molecule has 0 saturated heterocycles. The summed E-state index contributed by atoms with van der Waals surface area (Å²) in [5, 5.41) is 2.96. The average Bonchev–Trinajstić information content (AvgIpc) is 3.00. The molecule has 0 fully saturated rings. The minimum absolute atomic E-state index is 0.0000478. The summed E-state index contributed by atoms with van der Waals surface area (Å²) in [6.07, 6.45) is 2.52. The lowest BCUT2D eigenvalue weighted by Crippen LogP contribution is -2.41. The van der Waals surface area contributed by atoms with Crippen LogP contribution in [0.15, 0.2) is 71.0 Å². The summed E-state index contributed by atoms with van der Waals surface area (Å²) in [6.45, 7) is 1.25. The van der Waals surface area contributed by atoms with Gasteiger partial charge in [0.05, 0.1) is 5.56 Å². The predicted octanol–water partition coefficient (Wildman–Crippen LogP) is 2.70. The summed E-state index contributed by atoms with van der Waals surface area (Å²) in [7, 11) is 0. The number of fused-ring (bicyclic) bond motifs is 1. The highest BCUT2D eigenvalue weighted by Gasteiger charge is 2.35. The van der Waals surface area contributed by atoms with Crippen molar-refractivity contribution in [2.24, 2.45) is 4.99 Å². The van der Waals surface area contributed by atoms with Gasteiger partial charge in [-0.25, -0.2) is 9.79 Å². The van der Waals surface area contributed by atoms with E-state index in [2.05, 4.69) is 10.3 Å². The van der Waals surface area contributed by atoms with Gasteiger partial charge in [0.2, 0.25) is 17.6 Å². The zero-order valence-electron chi connectivity index (χ0n) is 16.1. The molecule has 2 aromatic carbocycles. The van der Waals surface area contributed by atoms with Crippen LogP contribution in [0.1, 0.15) is 22.8 Å². The van der Waals surface area contributed by atoms with Gasteiger partial charge in [-0.3, -0.25) is 24.6 Å². The largest absolute Gasteiger partial charge is 0.422 e. The number of para-hydroxylation sites is 1. The highest BCUT2D eigenvalue weighted by atomic mass is 35.5. The molecule has 9 heteroatoms. The van der Waals surface area contributed by atoms with Gasteiger partial charge in [-0.05, 0) is 35.9 Å². The molecule has 2 aliphatic heterocycles. The molecule has 0 saturated carbocycles. The van der Waals surface area contributed by atoms with Gasteiger partial charge in [0.15, 0.2) is 0 Å². The Morgan fingerprint density at radius 3 is 2.52 bits per heavy atom. The van der Waals surface area contributed by atoms with Crippen molar-refractivity contribution in [3.63, 3.8) is 0 Å². The van der Waals surface area contributed by atoms with Crippen molar-refractivity contribution in [1.82, 2.24) is 10.2 Å². The average molecular weight is 436 g/mol. The molecule has 0 bridgehead atoms. The van der Waals surface area contributed by atoms with Crippen LogP contribution in [-0.2, 0) is 14.4 Å². The van der Waals surface area contributed by atoms with E-state index in [-0.39, 0.29) is 28.5 Å². The number of benzene rings is 2. The maximum Gasteiger partial charge on any atom is 0.349 e. The van der Waals surface area contributed by atoms with E-state index in [1.54, 1.807) is 36.4 Å². The van der Waals surface area contributed by atoms with Crippen molar-refractivity contribution in [3.8, 4) is 5.75 Å². The van der Waals surface area contributed by atoms with Crippen molar-refractivity contribution < 1.29 is 23.9 Å². The second-order valence-electron chi connectivity index (χ2n) is 6.63. The summed E-state index contributed by atoms with van der Waals surface area (Å²) in [5.41, 5.74) is 0.475. The molecule has 31 heavy (non-hydrogen) atoms. The molecule has 0 radical (unpaired) electrons. The Morgan fingerprint density at radius 1 is 1.10 bits per heavy atom. The third kappa shape index (κ3) is 4.01. The van der Waals surface area contributed by atoms with Gasteiger partial charge in [0, 0.05) is 18.1 Å². The Balaban J connectivity index is 1.73. The van der Waals surface area contributed by atoms with Crippen LogP contribution in [0, 0.1) is 0 Å². The number of carbonyl (C=O) groups excluding carboxylic acids is 4. The van der Waals surface area contributed by atoms with E-state index in [4.69, 9.17) is 16.3 Å². The maximum absolute atomic E-state index is 13.0. The minimum Gasteiger partial charge on any atom is -0.422 e. The van der Waals surface area contributed by atoms with Crippen LogP contribution in [0.25, 0.3) is 6.08 Å². The van der Waals surface area contributed by atoms with Crippen molar-refractivity contribution >= 4 is 47.2 Å². The topological polar surface area (TPSA) is 105 Å². The molecule has 0 spiro atoms. The predicted molar refractivity (Wildman–Crippen MR) is 112 cm³/mol. The van der Waals surface area contributed by atoms with Crippen LogP contribution in [0.3, 0.4) is 0 Å². The molecule has 8 nitrogen and oxygen atoms in total. The van der Waals surface area contributed by atoms with E-state index in [0.717, 1.165) is 11.1 Å². The summed E-state index contributed by atoms with van der Waals surface area (Å²) in [6, 6.07) is 13.0. The van der Waals surface area contributed by atoms with Gasteiger partial charge in [0.25, 0.3) is 5.91 Å². The number of nitrogens with zero attached hydrogens (tertiary/aromatic N) is 2. The third-order valence-electron chi connectivity index (χ3n) is 4.41. The van der Waals surface area contributed by atoms with Crippen molar-refractivity contribution in [3.05, 3.63) is 82.2 Å². The number of hydrogen-bond acceptors (Lipinski definition) is 6. The van der Waals surface area contributed by atoms with Gasteiger partial charge < -0.3 is 4.74 Å². The van der Waals surface area contributed by atoms with E-state index in [0.29, 0.717) is 10.6 Å². The number of Topliss-reactive ketones (excluding diaryl/α,β-unsaturated/α-hetero) is 1. The van der Waals surface area contributed by atoms with Crippen molar-refractivity contribution in [1.29, 1.82) is 0 Å². The first kappa shape index (κ1) is 20.2. The number of halogens is 1. The van der Waals surface area contributed by atoms with Crippen LogP contribution in [0.4, 0.5) is 0 Å². The molecule has 0 unspecified atom stereocenters. The number of nitrogens with one attached hydrogen (secondary N) is 1. The number of esters is 1. The summed E-state index contributed by atoms with van der Waals surface area (Å²) in [4.78, 5) is 54.8. The van der Waals surface area contributed by atoms with E-state index in [1.807, 2.05) is 0 Å². The van der Waals surface area contributed by atoms with Gasteiger partial charge in [-0.2, -0.15) is 0 Å². The smallest absolute Gasteiger partial charge is 0.349 e. The number of rotatable bonds is 2. The first-order valence-corrected chi connectivity index (χ1v) is 9.46. The highest BCUT2D eigenvalue weighted by molar-refractivity contribution is 6.30. The zero-order valence-corrected chi connectivity index (χ0v) is 16.8. The molecule has 0 atom stereocenters. The molecule has 0 aromatic heterocycles. The van der Waals surface area contributed by atoms with E-state index < -0.39 is 23.6 Å². The number of guanidine groups is 1. The van der Waals surface area contributed by atoms with Crippen molar-refractivity contribution in [2.75, 3.05) is 0 Å². The Kier molecular flexibility index (Phi) is 5.22. The molecule has 2 heterocycles. The summed E-state index contributed by atoms with van der Waals surface area (Å²) >= 11 is 5.88. The summed E-state index contributed by atoms with van der Waals surface area (Å²) in [5.74, 6) is -2.62. The van der Waals surface area contributed by atoms with Crippen molar-refractivity contribution in [2.45, 2.75) is 6.92 Å². The molecule has 2 amide bonds. The fourth-order valence-corrected chi connectivity index (χ4v) is 3.11. The lowest BCUT2D eigenvalue weighted by Gasteiger charge is -2.19. The third-order valence-corrected chi connectivity index (χ3v) is 4.66. The van der Waals surface area contributed by atoms with Gasteiger partial charge in [-0.15, -0.1) is 0 Å². The molecule has 0 aliphatic carbocycles. The van der Waals surface area contributed by atoms with E-state index >= 15 is 0 Å². The molecule has 154 valence electrons. The van der Waals surface area contributed by atoms with Crippen LogP contribution in [0.5, 0.6) is 5.75 Å². The molecule has 1 N–H and O–H groups in total. The van der Waals surface area contributed by atoms with Crippen LogP contribution in [0.2, 0.25) is 5.02 Å². The van der Waals surface area contributed by atoms with Crippen LogP contribution in [-0.4, -0.2) is 34.4 Å². The number of carbonyl (C=O) groups is 4. The Bertz CT molecular complexity index is 1230. The maximum atomic E-state index is 13.0. The normalized spacial score (nSPS) is 18.2. The Hall–Kier alpha value is -4.04. The van der Waals surface area contributed by atoms with E-state index in [1.165, 1.54) is 25.1 Å². The quantitative estimate of drug-likeness (QED) is 0.338. The number of aliphatic imine (C=N–C) groups is 1. The zero-order chi connectivity index (χ0) is 22.1. The lowest BCUT2D eigenvalue weighted by atomic mass is 10.0. The monoisotopic (exact) mass is 435 g/mol. The van der Waals surface area contributed by atoms with E-state index in [9.17, 15) is 19.2 Å². The molecule has 4 rings (SSSR count). The van der Waals surface area contributed by atoms with Gasteiger partial charge in [-0.1, -0.05) is 35.9 Å². The van der Waals surface area contributed by atoms with Gasteiger partial charge in [0.1, 0.15) is 17.0 Å². The Morgan fingerprint density at radius 2 is 1.81 bits per heavy atom. The molecular formula is C22H14ClN3O5. The minimum atomic E-state index is -0.909. The Labute approximate surface area is 181 Å². The van der Waals surface area contributed by atoms with Gasteiger partial charge >= 0.3 is 5.97 Å². The lowest BCUT2D eigenvalue weighted by molar-refractivity contribution is -0.130. The molecule has 2 aromatic rings. The number of hydrogen-bond donors (Lipinski definition) is 1. The second-order valence-corrected chi connectivity index (χ2v) is 7.07. The van der Waals surface area contributed by atoms with Crippen LogP contribution >= 0.6 is 11.6 Å². The highest BCUT2D eigenvalue weighted by Crippen LogP contribution is 2.28. The second kappa shape index (κ2) is 8.00. The standard InChI is InChI=1S/C22H14ClN3O5/c1-12(27)24-22-25-17(10-13-6-8-14(23)9-7-13)20(29)26(22)11-16-19(28)15-4-2-3-5-18(15)31-21(16)30/h2-11H,1H3,(H,24,25,27)/b16-11-,17-10+. The van der Waals surface area contributed by atoms with Crippen LogP contribution < -0.4 is 10.1 Å². The first-order valence-electron chi connectivity index (χ1n) is 9.08. The fourth-order valence-electron chi connectivity index (χ4n) is 2.99. The number of ether oxygens (including phenoxy) is 1.